The number of esters is 1. The molecule has 0 spiro atoms. The Labute approximate surface area is 109 Å². The molecule has 5 nitrogen and oxygen atoms in total. The smallest absolute Gasteiger partial charge is 0.407 e. The van der Waals surface area contributed by atoms with E-state index in [1.165, 1.54) is 6.08 Å². The highest BCUT2D eigenvalue weighted by atomic mass is 16.6. The van der Waals surface area contributed by atoms with Crippen LogP contribution in [0.4, 0.5) is 4.79 Å². The van der Waals surface area contributed by atoms with Gasteiger partial charge >= 0.3 is 12.1 Å². The van der Waals surface area contributed by atoms with Gasteiger partial charge in [-0.1, -0.05) is 6.08 Å². The average molecular weight is 257 g/mol. The molecule has 5 heteroatoms. The van der Waals surface area contributed by atoms with Gasteiger partial charge < -0.3 is 14.8 Å². The normalized spacial score (nSPS) is 13.2. The molecule has 0 aliphatic rings. The first-order chi connectivity index (χ1) is 8.24. The van der Waals surface area contributed by atoms with Crippen molar-refractivity contribution in [3.8, 4) is 0 Å². The van der Waals surface area contributed by atoms with Crippen molar-refractivity contribution in [2.75, 3.05) is 6.61 Å². The van der Waals surface area contributed by atoms with Crippen molar-refractivity contribution in [3.05, 3.63) is 12.2 Å². The predicted octanol–water partition coefficient (Wildman–Crippen LogP) is 2.41. The van der Waals surface area contributed by atoms with E-state index in [9.17, 15) is 9.59 Å². The molecule has 0 radical (unpaired) electrons. The molecule has 0 heterocycles. The monoisotopic (exact) mass is 257 g/mol. The molecule has 0 bridgehead atoms. The number of hydrogen-bond acceptors (Lipinski definition) is 4. The van der Waals surface area contributed by atoms with Gasteiger partial charge in [-0.25, -0.2) is 9.59 Å². The summed E-state index contributed by atoms with van der Waals surface area (Å²) in [5, 5.41) is 2.68. The van der Waals surface area contributed by atoms with E-state index in [2.05, 4.69) is 5.32 Å². The quantitative estimate of drug-likeness (QED) is 0.606. The third-order valence-corrected chi connectivity index (χ3v) is 1.79. The Kier molecular flexibility index (Phi) is 7.08. The Morgan fingerprint density at radius 3 is 2.44 bits per heavy atom. The van der Waals surface area contributed by atoms with Crippen LogP contribution in [0.15, 0.2) is 12.2 Å². The molecule has 0 aromatic carbocycles. The van der Waals surface area contributed by atoms with Crippen molar-refractivity contribution in [2.24, 2.45) is 0 Å². The van der Waals surface area contributed by atoms with Gasteiger partial charge in [-0.15, -0.1) is 0 Å². The summed E-state index contributed by atoms with van der Waals surface area (Å²) in [7, 11) is 0. The SMILES string of the molecule is CCOC(=O)/C=C/CC(C)NC(=O)OC(C)(C)C. The maximum absolute atomic E-state index is 11.4. The fourth-order valence-corrected chi connectivity index (χ4v) is 1.13. The maximum atomic E-state index is 11.4. The molecule has 1 atom stereocenters. The molecular formula is C13H23NO4. The average Bonchev–Trinajstić information content (AvgIpc) is 2.14. The van der Waals surface area contributed by atoms with Crippen molar-refractivity contribution in [2.45, 2.75) is 52.7 Å². The fraction of sp³-hybridized carbons (Fsp3) is 0.692. The van der Waals surface area contributed by atoms with Crippen molar-refractivity contribution in [1.82, 2.24) is 5.32 Å². The first-order valence-electron chi connectivity index (χ1n) is 6.07. The standard InChI is InChI=1S/C13H23NO4/c1-6-17-11(15)9-7-8-10(2)14-12(16)18-13(3,4)5/h7,9-10H,6,8H2,1-5H3,(H,14,16)/b9-7+. The molecule has 0 aromatic rings. The third-order valence-electron chi connectivity index (χ3n) is 1.79. The maximum Gasteiger partial charge on any atom is 0.407 e. The molecule has 0 saturated heterocycles. The van der Waals surface area contributed by atoms with Crippen LogP contribution < -0.4 is 5.32 Å². The molecule has 104 valence electrons. The second kappa shape index (κ2) is 7.74. The second-order valence-corrected chi connectivity index (χ2v) is 4.94. The molecule has 1 unspecified atom stereocenters. The molecule has 1 amide bonds. The van der Waals surface area contributed by atoms with Crippen LogP contribution >= 0.6 is 0 Å². The molecule has 0 fully saturated rings. The Bertz CT molecular complexity index is 305. The van der Waals surface area contributed by atoms with E-state index in [0.29, 0.717) is 13.0 Å². The molecule has 0 aromatic heterocycles. The minimum Gasteiger partial charge on any atom is -0.463 e. The predicted molar refractivity (Wildman–Crippen MR) is 69.2 cm³/mol. The van der Waals surface area contributed by atoms with Crippen molar-refractivity contribution in [1.29, 1.82) is 0 Å². The number of carbonyl (C=O) groups excluding carboxylic acids is 2. The largest absolute Gasteiger partial charge is 0.463 e. The van der Waals surface area contributed by atoms with Crippen LogP contribution in [0.25, 0.3) is 0 Å². The summed E-state index contributed by atoms with van der Waals surface area (Å²) in [5.74, 6) is -0.373. The summed E-state index contributed by atoms with van der Waals surface area (Å²) in [6.07, 6.45) is 3.11. The van der Waals surface area contributed by atoms with E-state index in [-0.39, 0.29) is 12.0 Å². The van der Waals surface area contributed by atoms with Gasteiger partial charge in [-0.2, -0.15) is 0 Å². The lowest BCUT2D eigenvalue weighted by Gasteiger charge is -2.21. The summed E-state index contributed by atoms with van der Waals surface area (Å²) in [6, 6.07) is -0.106. The van der Waals surface area contributed by atoms with Gasteiger partial charge in [0.25, 0.3) is 0 Å². The molecule has 0 saturated carbocycles. The molecular weight excluding hydrogens is 234 g/mol. The van der Waals surface area contributed by atoms with Crippen LogP contribution in [0.3, 0.4) is 0 Å². The number of hydrogen-bond donors (Lipinski definition) is 1. The minimum absolute atomic E-state index is 0.106. The molecule has 1 N–H and O–H groups in total. The lowest BCUT2D eigenvalue weighted by molar-refractivity contribution is -0.137. The zero-order chi connectivity index (χ0) is 14.2. The van der Waals surface area contributed by atoms with E-state index in [4.69, 9.17) is 9.47 Å². The first-order valence-corrected chi connectivity index (χ1v) is 6.07. The highest BCUT2D eigenvalue weighted by Crippen LogP contribution is 2.07. The van der Waals surface area contributed by atoms with Crippen molar-refractivity contribution in [3.63, 3.8) is 0 Å². The third kappa shape index (κ3) is 9.69. The molecule has 18 heavy (non-hydrogen) atoms. The van der Waals surface area contributed by atoms with E-state index < -0.39 is 11.7 Å². The zero-order valence-corrected chi connectivity index (χ0v) is 11.8. The summed E-state index contributed by atoms with van der Waals surface area (Å²) < 4.78 is 9.84. The van der Waals surface area contributed by atoms with Crippen LogP contribution in [0.2, 0.25) is 0 Å². The van der Waals surface area contributed by atoms with Crippen LogP contribution in [0.5, 0.6) is 0 Å². The highest BCUT2D eigenvalue weighted by Gasteiger charge is 2.17. The molecule has 0 aliphatic heterocycles. The van der Waals surface area contributed by atoms with Gasteiger partial charge in [0.15, 0.2) is 0 Å². The first kappa shape index (κ1) is 16.5. The summed E-state index contributed by atoms with van der Waals surface area (Å²) >= 11 is 0. The second-order valence-electron chi connectivity index (χ2n) is 4.94. The van der Waals surface area contributed by atoms with Crippen molar-refractivity contribution >= 4 is 12.1 Å². The van der Waals surface area contributed by atoms with Crippen LogP contribution in [-0.2, 0) is 14.3 Å². The minimum atomic E-state index is -0.509. The Morgan fingerprint density at radius 1 is 1.33 bits per heavy atom. The van der Waals surface area contributed by atoms with E-state index in [1.807, 2.05) is 6.92 Å². The highest BCUT2D eigenvalue weighted by molar-refractivity contribution is 5.81. The summed E-state index contributed by atoms with van der Waals surface area (Å²) in [5.41, 5.74) is -0.509. The van der Waals surface area contributed by atoms with Gasteiger partial charge in [-0.3, -0.25) is 0 Å². The van der Waals surface area contributed by atoms with Gasteiger partial charge in [0.2, 0.25) is 0 Å². The number of carbonyl (C=O) groups is 2. The number of amides is 1. The molecule has 0 rings (SSSR count). The Morgan fingerprint density at radius 2 is 1.94 bits per heavy atom. The number of nitrogens with one attached hydrogen (secondary N) is 1. The van der Waals surface area contributed by atoms with E-state index in [1.54, 1.807) is 33.8 Å². The van der Waals surface area contributed by atoms with Crippen LogP contribution in [-0.4, -0.2) is 30.3 Å². The fourth-order valence-electron chi connectivity index (χ4n) is 1.13. The zero-order valence-electron chi connectivity index (χ0n) is 11.8. The van der Waals surface area contributed by atoms with Gasteiger partial charge in [-0.05, 0) is 41.0 Å². The van der Waals surface area contributed by atoms with Crippen LogP contribution in [0, 0.1) is 0 Å². The van der Waals surface area contributed by atoms with Crippen LogP contribution in [0.1, 0.15) is 41.0 Å². The Hall–Kier alpha value is -1.52. The number of ether oxygens (including phenoxy) is 2. The number of alkyl carbamates (subject to hydrolysis) is 1. The summed E-state index contributed by atoms with van der Waals surface area (Å²) in [4.78, 5) is 22.4. The topological polar surface area (TPSA) is 64.6 Å². The summed E-state index contributed by atoms with van der Waals surface area (Å²) in [6.45, 7) is 9.35. The lowest BCUT2D eigenvalue weighted by Crippen LogP contribution is -2.37. The van der Waals surface area contributed by atoms with Gasteiger partial charge in [0.1, 0.15) is 5.60 Å². The molecule has 0 aliphatic carbocycles. The van der Waals surface area contributed by atoms with Gasteiger partial charge in [0, 0.05) is 12.1 Å². The Balaban J connectivity index is 3.94. The van der Waals surface area contributed by atoms with Crippen molar-refractivity contribution < 1.29 is 19.1 Å². The number of rotatable bonds is 5. The van der Waals surface area contributed by atoms with Gasteiger partial charge in [0.05, 0.1) is 6.61 Å². The lowest BCUT2D eigenvalue weighted by atomic mass is 10.2. The van der Waals surface area contributed by atoms with E-state index >= 15 is 0 Å². The van der Waals surface area contributed by atoms with E-state index in [0.717, 1.165) is 0 Å².